The number of aromatic carboxylic acids is 1. The first-order valence-corrected chi connectivity index (χ1v) is 7.10. The van der Waals surface area contributed by atoms with E-state index in [1.807, 2.05) is 6.07 Å². The van der Waals surface area contributed by atoms with E-state index in [2.05, 4.69) is 16.8 Å². The molecular formula is C15H19N3O2. The number of rotatable bonds is 4. The smallest absolute Gasteiger partial charge is 0.352 e. The molecule has 1 unspecified atom stereocenters. The highest BCUT2D eigenvalue weighted by Crippen LogP contribution is 2.21. The summed E-state index contributed by atoms with van der Waals surface area (Å²) in [6, 6.07) is 5.29. The number of hydrogen-bond acceptors (Lipinski definition) is 3. The summed E-state index contributed by atoms with van der Waals surface area (Å²) in [4.78, 5) is 18.2. The molecule has 1 saturated heterocycles. The third-order valence-corrected chi connectivity index (χ3v) is 4.13. The van der Waals surface area contributed by atoms with Crippen LogP contribution in [-0.4, -0.2) is 45.0 Å². The molecule has 106 valence electrons. The monoisotopic (exact) mass is 273 g/mol. The molecule has 2 aromatic rings. The van der Waals surface area contributed by atoms with Crippen molar-refractivity contribution in [3.05, 3.63) is 35.9 Å². The summed E-state index contributed by atoms with van der Waals surface area (Å²) in [5, 5.41) is 9.31. The minimum Gasteiger partial charge on any atom is -0.477 e. The number of aromatic nitrogens is 2. The molecule has 3 heterocycles. The predicted molar refractivity (Wildman–Crippen MR) is 76.1 cm³/mol. The maximum absolute atomic E-state index is 11.3. The Kier molecular flexibility index (Phi) is 3.44. The zero-order valence-electron chi connectivity index (χ0n) is 11.6. The van der Waals surface area contributed by atoms with Gasteiger partial charge in [0, 0.05) is 13.0 Å². The van der Waals surface area contributed by atoms with E-state index in [1.165, 1.54) is 0 Å². The van der Waals surface area contributed by atoms with E-state index >= 15 is 0 Å². The molecule has 1 atom stereocenters. The van der Waals surface area contributed by atoms with Crippen LogP contribution in [0.2, 0.25) is 0 Å². The van der Waals surface area contributed by atoms with Gasteiger partial charge in [-0.2, -0.15) is 0 Å². The summed E-state index contributed by atoms with van der Waals surface area (Å²) in [5.74, 6) is 0.528. The van der Waals surface area contributed by atoms with Crippen LogP contribution in [0.15, 0.2) is 24.4 Å². The lowest BCUT2D eigenvalue weighted by molar-refractivity contribution is 0.0688. The van der Waals surface area contributed by atoms with Gasteiger partial charge in [-0.3, -0.25) is 4.40 Å². The van der Waals surface area contributed by atoms with E-state index in [9.17, 15) is 9.90 Å². The largest absolute Gasteiger partial charge is 0.477 e. The highest BCUT2D eigenvalue weighted by atomic mass is 16.4. The SMILES string of the molecule is CCN1CCC(Cc2ncc3cccc(C(=O)O)n23)C1. The van der Waals surface area contributed by atoms with Crippen LogP contribution in [0, 0.1) is 5.92 Å². The molecule has 20 heavy (non-hydrogen) atoms. The van der Waals surface area contributed by atoms with Gasteiger partial charge in [0.05, 0.1) is 11.7 Å². The average molecular weight is 273 g/mol. The van der Waals surface area contributed by atoms with Gasteiger partial charge in [-0.25, -0.2) is 9.78 Å². The number of carboxylic acids is 1. The van der Waals surface area contributed by atoms with Crippen molar-refractivity contribution in [1.29, 1.82) is 0 Å². The standard InChI is InChI=1S/C15H19N3O2/c1-2-17-7-6-11(10-17)8-14-16-9-12-4-3-5-13(15(19)20)18(12)14/h3-5,9,11H,2,6-8,10H2,1H3,(H,19,20). The molecule has 1 N–H and O–H groups in total. The molecule has 5 nitrogen and oxygen atoms in total. The van der Waals surface area contributed by atoms with E-state index in [-0.39, 0.29) is 0 Å². The fourth-order valence-electron chi connectivity index (χ4n) is 3.05. The number of hydrogen-bond donors (Lipinski definition) is 1. The van der Waals surface area contributed by atoms with Gasteiger partial charge in [0.1, 0.15) is 11.5 Å². The summed E-state index contributed by atoms with van der Waals surface area (Å²) in [5.41, 5.74) is 1.14. The average Bonchev–Trinajstić information content (AvgIpc) is 3.06. The number of imidazole rings is 1. The molecule has 0 amide bonds. The highest BCUT2D eigenvalue weighted by Gasteiger charge is 2.23. The number of likely N-dealkylation sites (tertiary alicyclic amines) is 1. The van der Waals surface area contributed by atoms with Crippen LogP contribution >= 0.6 is 0 Å². The molecule has 3 rings (SSSR count). The Morgan fingerprint density at radius 2 is 2.35 bits per heavy atom. The van der Waals surface area contributed by atoms with Crippen LogP contribution in [-0.2, 0) is 6.42 Å². The second-order valence-electron chi connectivity index (χ2n) is 5.40. The Balaban J connectivity index is 1.90. The molecule has 1 fully saturated rings. The van der Waals surface area contributed by atoms with E-state index in [0.717, 1.165) is 43.8 Å². The van der Waals surface area contributed by atoms with Crippen LogP contribution < -0.4 is 0 Å². The highest BCUT2D eigenvalue weighted by molar-refractivity contribution is 5.86. The van der Waals surface area contributed by atoms with Gasteiger partial charge in [-0.1, -0.05) is 13.0 Å². The zero-order valence-corrected chi connectivity index (χ0v) is 11.6. The van der Waals surface area contributed by atoms with Crippen LogP contribution in [0.5, 0.6) is 0 Å². The van der Waals surface area contributed by atoms with E-state index in [0.29, 0.717) is 11.6 Å². The molecule has 0 saturated carbocycles. The van der Waals surface area contributed by atoms with Gasteiger partial charge in [-0.15, -0.1) is 0 Å². The molecule has 2 aromatic heterocycles. The summed E-state index contributed by atoms with van der Waals surface area (Å²) < 4.78 is 1.77. The molecule has 0 spiro atoms. The maximum Gasteiger partial charge on any atom is 0.352 e. The Morgan fingerprint density at radius 3 is 3.05 bits per heavy atom. The second kappa shape index (κ2) is 5.25. The minimum atomic E-state index is -0.906. The molecule has 1 aliphatic heterocycles. The number of carboxylic acid groups (broad SMARTS) is 1. The normalized spacial score (nSPS) is 19.8. The van der Waals surface area contributed by atoms with Gasteiger partial charge in [-0.05, 0) is 37.6 Å². The Hall–Kier alpha value is -1.88. The van der Waals surface area contributed by atoms with Crippen molar-refractivity contribution >= 4 is 11.5 Å². The first-order chi connectivity index (χ1) is 9.69. The third-order valence-electron chi connectivity index (χ3n) is 4.13. The lowest BCUT2D eigenvalue weighted by Crippen LogP contribution is -2.20. The van der Waals surface area contributed by atoms with Gasteiger partial charge in [0.2, 0.25) is 0 Å². The maximum atomic E-state index is 11.3. The van der Waals surface area contributed by atoms with Crippen molar-refractivity contribution in [2.45, 2.75) is 19.8 Å². The summed E-state index contributed by atoms with van der Waals surface area (Å²) >= 11 is 0. The Morgan fingerprint density at radius 1 is 1.50 bits per heavy atom. The van der Waals surface area contributed by atoms with Crippen molar-refractivity contribution in [3.8, 4) is 0 Å². The van der Waals surface area contributed by atoms with Crippen molar-refractivity contribution in [2.24, 2.45) is 5.92 Å². The van der Waals surface area contributed by atoms with Gasteiger partial charge in [0.25, 0.3) is 0 Å². The van der Waals surface area contributed by atoms with Gasteiger partial charge in [0.15, 0.2) is 0 Å². The van der Waals surface area contributed by atoms with E-state index in [4.69, 9.17) is 0 Å². The number of pyridine rings is 1. The first kappa shape index (κ1) is 13.1. The van der Waals surface area contributed by atoms with Gasteiger partial charge >= 0.3 is 5.97 Å². The second-order valence-corrected chi connectivity index (χ2v) is 5.40. The minimum absolute atomic E-state index is 0.292. The molecule has 5 heteroatoms. The quantitative estimate of drug-likeness (QED) is 0.924. The predicted octanol–water partition coefficient (Wildman–Crippen LogP) is 1.92. The van der Waals surface area contributed by atoms with Crippen molar-refractivity contribution in [3.63, 3.8) is 0 Å². The summed E-state index contributed by atoms with van der Waals surface area (Å²) in [6.45, 7) is 5.48. The summed E-state index contributed by atoms with van der Waals surface area (Å²) in [7, 11) is 0. The zero-order chi connectivity index (χ0) is 14.1. The van der Waals surface area contributed by atoms with Crippen LogP contribution in [0.4, 0.5) is 0 Å². The van der Waals surface area contributed by atoms with Gasteiger partial charge < -0.3 is 10.0 Å². The lowest BCUT2D eigenvalue weighted by atomic mass is 10.0. The van der Waals surface area contributed by atoms with E-state index in [1.54, 1.807) is 22.7 Å². The summed E-state index contributed by atoms with van der Waals surface area (Å²) in [6.07, 6.45) is 3.77. The molecule has 1 aliphatic rings. The molecule has 0 aliphatic carbocycles. The number of nitrogens with zero attached hydrogens (tertiary/aromatic N) is 3. The first-order valence-electron chi connectivity index (χ1n) is 7.10. The molecule has 0 bridgehead atoms. The molecule has 0 radical (unpaired) electrons. The third kappa shape index (κ3) is 2.29. The lowest BCUT2D eigenvalue weighted by Gasteiger charge is -2.13. The van der Waals surface area contributed by atoms with E-state index < -0.39 is 5.97 Å². The van der Waals surface area contributed by atoms with Crippen LogP contribution in [0.1, 0.15) is 29.7 Å². The van der Waals surface area contributed by atoms with Crippen LogP contribution in [0.3, 0.4) is 0 Å². The fraction of sp³-hybridized carbons (Fsp3) is 0.467. The number of fused-ring (bicyclic) bond motifs is 1. The van der Waals surface area contributed by atoms with Crippen LogP contribution in [0.25, 0.3) is 5.52 Å². The topological polar surface area (TPSA) is 57.8 Å². The molecule has 0 aromatic carbocycles. The number of carbonyl (C=O) groups is 1. The fourth-order valence-corrected chi connectivity index (χ4v) is 3.05. The van der Waals surface area contributed by atoms with Crippen molar-refractivity contribution in [2.75, 3.05) is 19.6 Å². The van der Waals surface area contributed by atoms with Crippen molar-refractivity contribution in [1.82, 2.24) is 14.3 Å². The van der Waals surface area contributed by atoms with Crippen molar-refractivity contribution < 1.29 is 9.90 Å². The Bertz CT molecular complexity index is 635. The Labute approximate surface area is 117 Å². The molecular weight excluding hydrogens is 254 g/mol.